The number of carbonyl (C=O) groups is 1. The summed E-state index contributed by atoms with van der Waals surface area (Å²) in [5.41, 5.74) is -2.16. The van der Waals surface area contributed by atoms with Gasteiger partial charge in [-0.2, -0.15) is 0 Å². The number of hydrogen-bond acceptors (Lipinski definition) is 2. The maximum absolute atomic E-state index is 13.4. The first-order valence-electron chi connectivity index (χ1n) is 5.86. The van der Waals surface area contributed by atoms with Crippen LogP contribution in [0.1, 0.15) is 15.9 Å². The van der Waals surface area contributed by atoms with Gasteiger partial charge in [0.1, 0.15) is 18.2 Å². The van der Waals surface area contributed by atoms with Gasteiger partial charge in [0, 0.05) is 6.07 Å². The molecule has 0 N–H and O–H groups in total. The van der Waals surface area contributed by atoms with Crippen LogP contribution in [0.15, 0.2) is 18.2 Å². The molecule has 0 saturated heterocycles. The predicted molar refractivity (Wildman–Crippen MR) is 61.7 cm³/mol. The summed E-state index contributed by atoms with van der Waals surface area (Å²) >= 11 is 0. The number of hydrogen-bond donors (Lipinski definition) is 0. The van der Waals surface area contributed by atoms with Crippen molar-refractivity contribution in [3.63, 3.8) is 0 Å². The van der Waals surface area contributed by atoms with Crippen molar-refractivity contribution >= 4 is 5.97 Å². The smallest absolute Gasteiger partial charge is 0.341 e. The zero-order valence-electron chi connectivity index (χ0n) is 10.9. The molecule has 0 unspecified atom stereocenters. The summed E-state index contributed by atoms with van der Waals surface area (Å²) in [6, 6.07) is 1.78. The van der Waals surface area contributed by atoms with Gasteiger partial charge in [0.05, 0.1) is 11.1 Å². The Bertz CT molecular complexity index is 760. The second-order valence-corrected chi connectivity index (χ2v) is 4.25. The van der Waals surface area contributed by atoms with E-state index in [9.17, 15) is 35.5 Å². The Morgan fingerprint density at radius 2 is 1.35 bits per heavy atom. The number of benzene rings is 2. The Morgan fingerprint density at radius 3 is 1.87 bits per heavy atom. The number of esters is 1. The molecule has 0 bridgehead atoms. The first-order valence-corrected chi connectivity index (χ1v) is 5.86. The maximum atomic E-state index is 13.4. The van der Waals surface area contributed by atoms with E-state index < -0.39 is 64.4 Å². The molecule has 0 aliphatic rings. The molecule has 0 aromatic heterocycles. The van der Waals surface area contributed by atoms with Gasteiger partial charge >= 0.3 is 5.97 Å². The van der Waals surface area contributed by atoms with Crippen LogP contribution >= 0.6 is 0 Å². The fourth-order valence-electron chi connectivity index (χ4n) is 1.65. The fraction of sp³-hybridized carbons (Fsp3) is 0.0714. The molecule has 2 aromatic rings. The minimum Gasteiger partial charge on any atom is -0.457 e. The Labute approximate surface area is 124 Å². The molecule has 0 atom stereocenters. The van der Waals surface area contributed by atoms with Crippen molar-refractivity contribution in [1.82, 2.24) is 0 Å². The molecule has 122 valence electrons. The largest absolute Gasteiger partial charge is 0.457 e. The summed E-state index contributed by atoms with van der Waals surface area (Å²) in [5, 5.41) is 0. The lowest BCUT2D eigenvalue weighted by Crippen LogP contribution is -2.12. The van der Waals surface area contributed by atoms with E-state index in [-0.39, 0.29) is 0 Å². The Morgan fingerprint density at radius 1 is 0.826 bits per heavy atom. The highest BCUT2D eigenvalue weighted by molar-refractivity contribution is 5.89. The molecular formula is C14H5F7O2. The van der Waals surface area contributed by atoms with Gasteiger partial charge in [0.2, 0.25) is 5.82 Å². The minimum absolute atomic E-state index is 0.356. The van der Waals surface area contributed by atoms with Crippen LogP contribution in [0.25, 0.3) is 0 Å². The average molecular weight is 338 g/mol. The van der Waals surface area contributed by atoms with E-state index in [0.717, 1.165) is 6.07 Å². The highest BCUT2D eigenvalue weighted by Crippen LogP contribution is 2.24. The standard InChI is InChI=1S/C14H5F7O2/c15-5-1-2-6(8(16)3-5)14(22)23-4-7-9(17)11(19)13(21)12(20)10(7)18/h1-3H,4H2. The lowest BCUT2D eigenvalue weighted by Gasteiger charge is -2.09. The zero-order chi connectivity index (χ0) is 17.3. The van der Waals surface area contributed by atoms with Gasteiger partial charge in [-0.05, 0) is 12.1 Å². The Kier molecular flexibility index (Phi) is 4.57. The van der Waals surface area contributed by atoms with Gasteiger partial charge in [0.25, 0.3) is 0 Å². The summed E-state index contributed by atoms with van der Waals surface area (Å²) in [6.45, 7) is -1.33. The SMILES string of the molecule is O=C(OCc1c(F)c(F)c(F)c(F)c1F)c1ccc(F)cc1F. The molecule has 9 heteroatoms. The van der Waals surface area contributed by atoms with Crippen molar-refractivity contribution in [2.24, 2.45) is 0 Å². The molecule has 0 saturated carbocycles. The fourth-order valence-corrected chi connectivity index (χ4v) is 1.65. The summed E-state index contributed by atoms with van der Waals surface area (Å²) in [7, 11) is 0. The van der Waals surface area contributed by atoms with E-state index in [2.05, 4.69) is 4.74 Å². The van der Waals surface area contributed by atoms with Gasteiger partial charge < -0.3 is 4.74 Å². The average Bonchev–Trinajstić information content (AvgIpc) is 2.50. The minimum atomic E-state index is -2.36. The molecule has 0 heterocycles. The van der Waals surface area contributed by atoms with E-state index in [0.29, 0.717) is 12.1 Å². The molecule has 0 spiro atoms. The highest BCUT2D eigenvalue weighted by Gasteiger charge is 2.26. The van der Waals surface area contributed by atoms with Gasteiger partial charge in [0.15, 0.2) is 23.3 Å². The number of carbonyl (C=O) groups excluding carboxylic acids is 1. The lowest BCUT2D eigenvalue weighted by atomic mass is 10.1. The third kappa shape index (κ3) is 3.13. The molecule has 0 amide bonds. The van der Waals surface area contributed by atoms with Crippen LogP contribution in [-0.2, 0) is 11.3 Å². The normalized spacial score (nSPS) is 10.7. The van der Waals surface area contributed by atoms with Crippen molar-refractivity contribution in [2.45, 2.75) is 6.61 Å². The molecular weight excluding hydrogens is 333 g/mol. The van der Waals surface area contributed by atoms with Gasteiger partial charge in [-0.1, -0.05) is 0 Å². The van der Waals surface area contributed by atoms with Crippen LogP contribution < -0.4 is 0 Å². The monoisotopic (exact) mass is 338 g/mol. The highest BCUT2D eigenvalue weighted by atomic mass is 19.2. The second-order valence-electron chi connectivity index (χ2n) is 4.25. The van der Waals surface area contributed by atoms with E-state index >= 15 is 0 Å². The van der Waals surface area contributed by atoms with Crippen LogP contribution in [0.3, 0.4) is 0 Å². The van der Waals surface area contributed by atoms with E-state index in [4.69, 9.17) is 0 Å². The predicted octanol–water partition coefficient (Wildman–Crippen LogP) is 4.02. The third-order valence-corrected chi connectivity index (χ3v) is 2.80. The molecule has 0 fully saturated rings. The topological polar surface area (TPSA) is 26.3 Å². The molecule has 0 aliphatic heterocycles. The molecule has 2 rings (SSSR count). The van der Waals surface area contributed by atoms with E-state index in [1.807, 2.05) is 0 Å². The van der Waals surface area contributed by atoms with E-state index in [1.54, 1.807) is 0 Å². The van der Waals surface area contributed by atoms with Crippen molar-refractivity contribution in [1.29, 1.82) is 0 Å². The number of rotatable bonds is 3. The molecule has 0 radical (unpaired) electrons. The molecule has 2 nitrogen and oxygen atoms in total. The van der Waals surface area contributed by atoms with Gasteiger partial charge in [-0.3, -0.25) is 0 Å². The van der Waals surface area contributed by atoms with Crippen LogP contribution in [0.5, 0.6) is 0 Å². The third-order valence-electron chi connectivity index (χ3n) is 2.80. The molecule has 2 aromatic carbocycles. The van der Waals surface area contributed by atoms with Gasteiger partial charge in [-0.25, -0.2) is 35.5 Å². The summed E-state index contributed by atoms with van der Waals surface area (Å²) in [6.07, 6.45) is 0. The first-order chi connectivity index (χ1) is 10.7. The van der Waals surface area contributed by atoms with Crippen molar-refractivity contribution in [2.75, 3.05) is 0 Å². The lowest BCUT2D eigenvalue weighted by molar-refractivity contribution is 0.0456. The van der Waals surface area contributed by atoms with Crippen molar-refractivity contribution in [3.8, 4) is 0 Å². The molecule has 23 heavy (non-hydrogen) atoms. The van der Waals surface area contributed by atoms with E-state index in [1.165, 1.54) is 0 Å². The van der Waals surface area contributed by atoms with Crippen LogP contribution in [0.4, 0.5) is 30.7 Å². The van der Waals surface area contributed by atoms with Gasteiger partial charge in [-0.15, -0.1) is 0 Å². The number of halogens is 7. The van der Waals surface area contributed by atoms with Crippen LogP contribution in [-0.4, -0.2) is 5.97 Å². The van der Waals surface area contributed by atoms with Crippen molar-refractivity contribution < 1.29 is 40.3 Å². The zero-order valence-corrected chi connectivity index (χ0v) is 10.9. The first kappa shape index (κ1) is 16.8. The maximum Gasteiger partial charge on any atom is 0.341 e. The summed E-state index contributed by atoms with van der Waals surface area (Å²) in [4.78, 5) is 11.5. The second kappa shape index (κ2) is 6.27. The van der Waals surface area contributed by atoms with Crippen LogP contribution in [0, 0.1) is 40.7 Å². The Hall–Kier alpha value is -2.58. The summed E-state index contributed by atoms with van der Waals surface area (Å²) < 4.78 is 95.7. The van der Waals surface area contributed by atoms with Crippen LogP contribution in [0.2, 0.25) is 0 Å². The molecule has 0 aliphatic carbocycles. The summed E-state index contributed by atoms with van der Waals surface area (Å²) in [5.74, 6) is -14.9. The Balaban J connectivity index is 2.26. The quantitative estimate of drug-likeness (QED) is 0.366. The number of ether oxygens (including phenoxy) is 1. The van der Waals surface area contributed by atoms with Crippen molar-refractivity contribution in [3.05, 3.63) is 70.0 Å².